The normalized spacial score (nSPS) is 26.0. The molecule has 4 heterocycles. The second-order valence-corrected chi connectivity index (χ2v) is 12.8. The van der Waals surface area contributed by atoms with E-state index in [1.165, 1.54) is 61.4 Å². The molecule has 3 atom stereocenters. The van der Waals surface area contributed by atoms with Gasteiger partial charge in [-0.3, -0.25) is 9.98 Å². The summed E-state index contributed by atoms with van der Waals surface area (Å²) in [4.78, 5) is 14.0. The maximum Gasteiger partial charge on any atom is 0.127 e. The van der Waals surface area contributed by atoms with E-state index in [2.05, 4.69) is 110 Å². The van der Waals surface area contributed by atoms with Crippen LogP contribution in [0.4, 0.5) is 0 Å². The standard InChI is InChI=1S/C37H41N5/c1-23-10-13-37(6,27(5)26(23)4)36-40-16-17-41(36)35-24(2)18-29(19-25(35)3)28-8-7-9-30(20-28)42-33-11-14-38-21-31(33)32-22-39-15-12-34(32)42/h8,10-11,13-14,16-18,20-23,29H,7,9,12,15,19H2,1-6H3. The Morgan fingerprint density at radius 3 is 2.76 bits per heavy atom. The average Bonchev–Trinajstić information content (AvgIpc) is 3.61. The van der Waals surface area contributed by atoms with Gasteiger partial charge in [-0.05, 0) is 88.7 Å². The molecule has 0 saturated heterocycles. The molecule has 0 aromatic carbocycles. The monoisotopic (exact) mass is 555 g/mol. The van der Waals surface area contributed by atoms with Gasteiger partial charge >= 0.3 is 0 Å². The molecule has 3 aromatic rings. The van der Waals surface area contributed by atoms with Crippen molar-refractivity contribution in [3.63, 3.8) is 0 Å². The number of rotatable bonds is 4. The van der Waals surface area contributed by atoms with Crippen LogP contribution in [0.2, 0.25) is 0 Å². The van der Waals surface area contributed by atoms with Gasteiger partial charge in [-0.15, -0.1) is 0 Å². The molecule has 7 rings (SSSR count). The van der Waals surface area contributed by atoms with Crippen LogP contribution in [0.25, 0.3) is 22.3 Å². The van der Waals surface area contributed by atoms with E-state index in [9.17, 15) is 0 Å². The fourth-order valence-electron chi connectivity index (χ4n) is 7.68. The third-order valence-corrected chi connectivity index (χ3v) is 10.3. The van der Waals surface area contributed by atoms with Crippen molar-refractivity contribution in [3.8, 4) is 0 Å². The van der Waals surface area contributed by atoms with Gasteiger partial charge < -0.3 is 9.13 Å². The van der Waals surface area contributed by atoms with Crippen LogP contribution in [-0.4, -0.2) is 31.9 Å². The fourth-order valence-corrected chi connectivity index (χ4v) is 7.68. The Morgan fingerprint density at radius 2 is 1.93 bits per heavy atom. The molecule has 0 bridgehead atoms. The Labute approximate surface area is 249 Å². The molecule has 214 valence electrons. The number of imidazole rings is 1. The fraction of sp³-hybridized carbons (Fsp3) is 0.378. The Balaban J connectivity index is 1.23. The molecule has 1 aliphatic heterocycles. The van der Waals surface area contributed by atoms with Crippen molar-refractivity contribution in [1.29, 1.82) is 0 Å². The third-order valence-electron chi connectivity index (χ3n) is 10.3. The summed E-state index contributed by atoms with van der Waals surface area (Å²) in [6.07, 6.45) is 26.3. The van der Waals surface area contributed by atoms with Gasteiger partial charge in [0.1, 0.15) is 5.82 Å². The van der Waals surface area contributed by atoms with Crippen LogP contribution >= 0.6 is 0 Å². The first-order chi connectivity index (χ1) is 20.3. The Hall–Kier alpha value is -3.99. The highest BCUT2D eigenvalue weighted by Gasteiger charge is 2.36. The lowest BCUT2D eigenvalue weighted by Gasteiger charge is -2.35. The number of hydrogen-bond donors (Lipinski definition) is 0. The summed E-state index contributed by atoms with van der Waals surface area (Å²) >= 11 is 0. The molecule has 0 fully saturated rings. The van der Waals surface area contributed by atoms with Gasteiger partial charge in [0.05, 0.1) is 10.9 Å². The summed E-state index contributed by atoms with van der Waals surface area (Å²) in [5, 5.41) is 1.21. The topological polar surface area (TPSA) is 48.0 Å². The first-order valence-corrected chi connectivity index (χ1v) is 15.5. The molecular weight excluding hydrogens is 514 g/mol. The van der Waals surface area contributed by atoms with Crippen molar-refractivity contribution < 1.29 is 0 Å². The van der Waals surface area contributed by atoms with Crippen molar-refractivity contribution in [2.45, 2.75) is 72.6 Å². The molecule has 3 aromatic heterocycles. The van der Waals surface area contributed by atoms with Crippen LogP contribution in [-0.2, 0) is 11.8 Å². The second-order valence-electron chi connectivity index (χ2n) is 12.8. The molecule has 5 nitrogen and oxygen atoms in total. The molecule has 0 spiro atoms. The van der Waals surface area contributed by atoms with Crippen molar-refractivity contribution in [1.82, 2.24) is 19.1 Å². The van der Waals surface area contributed by atoms with Crippen LogP contribution in [0.15, 0.2) is 94.1 Å². The predicted octanol–water partition coefficient (Wildman–Crippen LogP) is 8.47. The molecule has 4 aliphatic rings. The van der Waals surface area contributed by atoms with Gasteiger partial charge in [0.2, 0.25) is 0 Å². The molecule has 3 unspecified atom stereocenters. The predicted molar refractivity (Wildman–Crippen MR) is 174 cm³/mol. The number of aromatic nitrogens is 4. The van der Waals surface area contributed by atoms with Gasteiger partial charge in [-0.2, -0.15) is 0 Å². The van der Waals surface area contributed by atoms with Crippen molar-refractivity contribution in [2.75, 3.05) is 6.54 Å². The van der Waals surface area contributed by atoms with E-state index >= 15 is 0 Å². The smallest absolute Gasteiger partial charge is 0.127 e. The van der Waals surface area contributed by atoms with E-state index in [-0.39, 0.29) is 5.41 Å². The maximum atomic E-state index is 4.95. The van der Waals surface area contributed by atoms with Crippen LogP contribution in [0.3, 0.4) is 0 Å². The minimum atomic E-state index is -0.215. The van der Waals surface area contributed by atoms with Crippen molar-refractivity contribution >= 4 is 28.5 Å². The van der Waals surface area contributed by atoms with Gasteiger partial charge in [0.15, 0.2) is 0 Å². The van der Waals surface area contributed by atoms with Crippen molar-refractivity contribution in [2.24, 2.45) is 16.8 Å². The number of hydrogen-bond acceptors (Lipinski definition) is 3. The summed E-state index contributed by atoms with van der Waals surface area (Å²) in [6, 6.07) is 2.16. The summed E-state index contributed by atoms with van der Waals surface area (Å²) in [7, 11) is 0. The van der Waals surface area contributed by atoms with Gasteiger partial charge in [0, 0.05) is 77.9 Å². The first-order valence-electron chi connectivity index (χ1n) is 15.5. The average molecular weight is 556 g/mol. The van der Waals surface area contributed by atoms with E-state index in [0.717, 1.165) is 38.1 Å². The van der Waals surface area contributed by atoms with E-state index in [1.54, 1.807) is 0 Å². The lowest BCUT2D eigenvalue weighted by atomic mass is 9.73. The number of aliphatic imine (C=N–C) groups is 1. The van der Waals surface area contributed by atoms with E-state index in [4.69, 9.17) is 4.98 Å². The number of fused-ring (bicyclic) bond motifs is 3. The molecule has 0 radical (unpaired) electrons. The zero-order chi connectivity index (χ0) is 29.2. The third kappa shape index (κ3) is 4.08. The number of allylic oxidation sites excluding steroid dienone is 12. The molecule has 5 heteroatoms. The van der Waals surface area contributed by atoms with Gasteiger partial charge in [-0.1, -0.05) is 42.4 Å². The lowest BCUT2D eigenvalue weighted by molar-refractivity contribution is 0.590. The SMILES string of the molecule is CC1=CC(C2=CCCC(n3c4c(c5cnccc53)C=NCC4)=C2)CC(C)=C1n1ccnc1C1(C)C=CC(C)C(C)=C1C. The lowest BCUT2D eigenvalue weighted by Crippen LogP contribution is -2.30. The molecule has 0 saturated carbocycles. The summed E-state index contributed by atoms with van der Waals surface area (Å²) in [6.45, 7) is 14.6. The van der Waals surface area contributed by atoms with Crippen LogP contribution in [0.1, 0.15) is 77.9 Å². The van der Waals surface area contributed by atoms with Gasteiger partial charge in [-0.25, -0.2) is 4.98 Å². The highest BCUT2D eigenvalue weighted by atomic mass is 15.1. The molecule has 3 aliphatic carbocycles. The summed E-state index contributed by atoms with van der Waals surface area (Å²) in [5.74, 6) is 1.94. The van der Waals surface area contributed by atoms with E-state index in [0.29, 0.717) is 11.8 Å². The minimum Gasteiger partial charge on any atom is -0.316 e. The highest BCUT2D eigenvalue weighted by molar-refractivity contribution is 6.02. The molecule has 0 N–H and O–H groups in total. The largest absolute Gasteiger partial charge is 0.316 e. The second kappa shape index (κ2) is 10.1. The zero-order valence-electron chi connectivity index (χ0n) is 25.8. The Kier molecular flexibility index (Phi) is 6.45. The molecule has 42 heavy (non-hydrogen) atoms. The van der Waals surface area contributed by atoms with Gasteiger partial charge in [0.25, 0.3) is 0 Å². The zero-order valence-corrected chi connectivity index (χ0v) is 25.8. The van der Waals surface area contributed by atoms with Crippen molar-refractivity contribution in [3.05, 3.63) is 106 Å². The first kappa shape index (κ1) is 26.9. The molecular formula is C37H41N5. The number of nitrogens with zero attached hydrogens (tertiary/aromatic N) is 5. The summed E-state index contributed by atoms with van der Waals surface area (Å²) < 4.78 is 4.87. The number of pyridine rings is 1. The summed E-state index contributed by atoms with van der Waals surface area (Å²) in [5.41, 5.74) is 13.4. The van der Waals surface area contributed by atoms with Crippen LogP contribution in [0.5, 0.6) is 0 Å². The van der Waals surface area contributed by atoms with E-state index in [1.807, 2.05) is 18.6 Å². The van der Waals surface area contributed by atoms with Crippen LogP contribution in [0, 0.1) is 11.8 Å². The van der Waals surface area contributed by atoms with Crippen LogP contribution < -0.4 is 0 Å². The highest BCUT2D eigenvalue weighted by Crippen LogP contribution is 2.44. The quantitative estimate of drug-likeness (QED) is 0.303. The van der Waals surface area contributed by atoms with E-state index < -0.39 is 0 Å². The minimum absolute atomic E-state index is 0.215. The molecule has 0 amide bonds. The Morgan fingerprint density at radius 1 is 1.07 bits per heavy atom. The Bertz CT molecular complexity index is 1830. The maximum absolute atomic E-state index is 4.95.